The molecular weight excluding hydrogens is 663 g/mol. The first-order chi connectivity index (χ1) is 26.7. The number of nitriles is 1. The summed E-state index contributed by atoms with van der Waals surface area (Å²) in [5, 5.41) is 19.3. The first kappa shape index (κ1) is 29.1. The molecule has 0 bridgehead atoms. The number of furan rings is 2. The average Bonchev–Trinajstić information content (AvgIpc) is 3.98. The Bertz CT molecular complexity index is 3570. The van der Waals surface area contributed by atoms with Crippen molar-refractivity contribution in [1.82, 2.24) is 9.13 Å². The second-order valence-corrected chi connectivity index (χ2v) is 14.0. The molecule has 0 unspecified atom stereocenters. The maximum atomic E-state index is 10.3. The summed E-state index contributed by atoms with van der Waals surface area (Å²) in [5.41, 5.74) is 12.2. The quantitative estimate of drug-likeness (QED) is 0.185. The Balaban J connectivity index is 1.06. The molecule has 5 heteroatoms. The molecule has 0 fully saturated rings. The largest absolute Gasteiger partial charge is 0.454 e. The minimum absolute atomic E-state index is 0.587. The summed E-state index contributed by atoms with van der Waals surface area (Å²) in [6.45, 7) is 0. The van der Waals surface area contributed by atoms with Crippen molar-refractivity contribution in [3.63, 3.8) is 0 Å². The predicted octanol–water partition coefficient (Wildman–Crippen LogP) is 13.2. The number of hydrogen-bond acceptors (Lipinski definition) is 3. The van der Waals surface area contributed by atoms with Crippen molar-refractivity contribution in [3.05, 3.63) is 169 Å². The summed E-state index contributed by atoms with van der Waals surface area (Å²) < 4.78 is 17.7. The number of nitrogens with zero attached hydrogens (tertiary/aromatic N) is 3. The summed E-state index contributed by atoms with van der Waals surface area (Å²) >= 11 is 0. The molecule has 0 atom stereocenters. The molecule has 8 aromatic carbocycles. The highest BCUT2D eigenvalue weighted by Gasteiger charge is 2.21. The van der Waals surface area contributed by atoms with Crippen molar-refractivity contribution in [2.45, 2.75) is 0 Å². The van der Waals surface area contributed by atoms with Crippen LogP contribution in [0.15, 0.2) is 173 Å². The van der Waals surface area contributed by atoms with Crippen LogP contribution in [-0.2, 0) is 0 Å². The van der Waals surface area contributed by atoms with Gasteiger partial charge < -0.3 is 18.0 Å². The third-order valence-corrected chi connectivity index (χ3v) is 11.1. The van der Waals surface area contributed by atoms with Gasteiger partial charge in [-0.1, -0.05) is 97.1 Å². The molecule has 5 nitrogen and oxygen atoms in total. The number of aromatic nitrogens is 2. The van der Waals surface area contributed by atoms with Gasteiger partial charge in [0.25, 0.3) is 0 Å². The van der Waals surface area contributed by atoms with Crippen LogP contribution in [0, 0.1) is 11.3 Å². The van der Waals surface area contributed by atoms with Gasteiger partial charge in [-0.25, -0.2) is 0 Å². The molecule has 12 rings (SSSR count). The van der Waals surface area contributed by atoms with E-state index in [1.807, 2.05) is 42.5 Å². The Morgan fingerprint density at radius 2 is 0.870 bits per heavy atom. The molecule has 0 aliphatic rings. The number of hydrogen-bond donors (Lipinski definition) is 0. The lowest BCUT2D eigenvalue weighted by Crippen LogP contribution is -1.97. The van der Waals surface area contributed by atoms with Gasteiger partial charge in [0.2, 0.25) is 0 Å². The monoisotopic (exact) mass is 689 g/mol. The number of para-hydroxylation sites is 4. The summed E-state index contributed by atoms with van der Waals surface area (Å²) in [6.07, 6.45) is 0. The number of benzene rings is 8. The third-order valence-electron chi connectivity index (χ3n) is 11.1. The second kappa shape index (κ2) is 10.7. The molecule has 0 saturated carbocycles. The van der Waals surface area contributed by atoms with Crippen molar-refractivity contribution in [1.29, 1.82) is 5.26 Å². The van der Waals surface area contributed by atoms with E-state index in [1.54, 1.807) is 0 Å². The van der Waals surface area contributed by atoms with Gasteiger partial charge >= 0.3 is 0 Å². The first-order valence-corrected chi connectivity index (χ1v) is 18.1. The molecule has 0 saturated heterocycles. The van der Waals surface area contributed by atoms with Crippen LogP contribution < -0.4 is 0 Å². The van der Waals surface area contributed by atoms with Crippen molar-refractivity contribution in [3.8, 4) is 28.6 Å². The van der Waals surface area contributed by atoms with Crippen molar-refractivity contribution < 1.29 is 8.83 Å². The minimum atomic E-state index is 0.587. The number of fused-ring (bicyclic) bond motifs is 14. The van der Waals surface area contributed by atoms with Gasteiger partial charge in [-0.05, 0) is 77.9 Å². The Labute approximate surface area is 307 Å². The molecule has 54 heavy (non-hydrogen) atoms. The van der Waals surface area contributed by atoms with Gasteiger partial charge in [-0.2, -0.15) is 5.26 Å². The van der Waals surface area contributed by atoms with E-state index < -0.39 is 0 Å². The van der Waals surface area contributed by atoms with E-state index in [0.29, 0.717) is 5.56 Å². The lowest BCUT2D eigenvalue weighted by molar-refractivity contribution is 0.670. The fourth-order valence-electron chi connectivity index (χ4n) is 8.77. The van der Waals surface area contributed by atoms with Crippen LogP contribution in [0.4, 0.5) is 0 Å². The molecule has 12 aromatic rings. The van der Waals surface area contributed by atoms with Crippen LogP contribution >= 0.6 is 0 Å². The van der Waals surface area contributed by atoms with Crippen LogP contribution in [0.3, 0.4) is 0 Å². The van der Waals surface area contributed by atoms with E-state index in [4.69, 9.17) is 8.83 Å². The van der Waals surface area contributed by atoms with E-state index in [2.05, 4.69) is 137 Å². The molecular formula is C49H27N3O2. The topological polar surface area (TPSA) is 59.9 Å². The van der Waals surface area contributed by atoms with Gasteiger partial charge in [0.15, 0.2) is 11.2 Å². The highest BCUT2D eigenvalue weighted by Crippen LogP contribution is 2.42. The molecule has 0 amide bonds. The van der Waals surface area contributed by atoms with Crippen molar-refractivity contribution in [2.24, 2.45) is 0 Å². The van der Waals surface area contributed by atoms with Crippen molar-refractivity contribution in [2.75, 3.05) is 0 Å². The number of rotatable bonds is 3. The molecule has 0 aliphatic heterocycles. The minimum Gasteiger partial charge on any atom is -0.454 e. The highest BCUT2D eigenvalue weighted by molar-refractivity contribution is 6.23. The van der Waals surface area contributed by atoms with E-state index in [9.17, 15) is 5.26 Å². The molecule has 0 spiro atoms. The van der Waals surface area contributed by atoms with Crippen LogP contribution in [0.5, 0.6) is 0 Å². The summed E-state index contributed by atoms with van der Waals surface area (Å²) in [5.74, 6) is 0. The van der Waals surface area contributed by atoms with Gasteiger partial charge in [0, 0.05) is 54.5 Å². The van der Waals surface area contributed by atoms with Gasteiger partial charge in [-0.15, -0.1) is 0 Å². The fraction of sp³-hybridized carbons (Fsp3) is 0. The third kappa shape index (κ3) is 3.91. The van der Waals surface area contributed by atoms with E-state index >= 15 is 0 Å². The second-order valence-electron chi connectivity index (χ2n) is 14.0. The first-order valence-electron chi connectivity index (χ1n) is 18.1. The molecule has 4 aromatic heterocycles. The Morgan fingerprint density at radius 3 is 1.43 bits per heavy atom. The maximum Gasteiger partial charge on any atom is 0.160 e. The zero-order valence-electron chi connectivity index (χ0n) is 28.7. The Morgan fingerprint density at radius 1 is 0.389 bits per heavy atom. The highest BCUT2D eigenvalue weighted by atomic mass is 16.3. The van der Waals surface area contributed by atoms with E-state index in [1.165, 1.54) is 5.39 Å². The van der Waals surface area contributed by atoms with Crippen LogP contribution in [0.25, 0.3) is 110 Å². The lowest BCUT2D eigenvalue weighted by Gasteiger charge is -2.13. The molecule has 0 aliphatic carbocycles. The average molecular weight is 690 g/mol. The SMILES string of the molecule is N#Cc1cc(-c2ccc(-n3c4ccccc4c4ccc5c6ccccc6oc5c43)cc2)cc(-n2c3ccccc3c3ccc4c5ccccc5oc4c32)c1. The molecule has 4 heterocycles. The van der Waals surface area contributed by atoms with Crippen molar-refractivity contribution >= 4 is 87.5 Å². The van der Waals surface area contributed by atoms with Gasteiger partial charge in [0.05, 0.1) is 33.7 Å². The summed E-state index contributed by atoms with van der Waals surface area (Å²) in [4.78, 5) is 0. The fourth-order valence-corrected chi connectivity index (χ4v) is 8.77. The van der Waals surface area contributed by atoms with E-state index in [0.717, 1.165) is 105 Å². The molecule has 0 radical (unpaired) electrons. The standard InChI is InChI=1S/C49H27N3O2/c50-28-29-25-31(27-33(26-29)52-43-14-6-2-10-35(43)39-22-24-41-37-12-4-8-16-45(37)54-49(41)47(39)52)30-17-19-32(20-18-30)51-42-13-5-1-9-34(42)38-21-23-40-36-11-3-7-15-44(36)53-48(40)46(38)51/h1-27H. The predicted molar refractivity (Wildman–Crippen MR) is 220 cm³/mol. The smallest absolute Gasteiger partial charge is 0.160 e. The van der Waals surface area contributed by atoms with E-state index in [-0.39, 0.29) is 0 Å². The lowest BCUT2D eigenvalue weighted by atomic mass is 10.0. The van der Waals surface area contributed by atoms with Crippen LogP contribution in [0.2, 0.25) is 0 Å². The van der Waals surface area contributed by atoms with Gasteiger partial charge in [-0.3, -0.25) is 0 Å². The Hall–Kier alpha value is -7.55. The maximum absolute atomic E-state index is 10.3. The molecule has 250 valence electrons. The summed E-state index contributed by atoms with van der Waals surface area (Å²) in [6, 6.07) is 59.3. The van der Waals surface area contributed by atoms with Gasteiger partial charge in [0.1, 0.15) is 11.2 Å². The van der Waals surface area contributed by atoms with Crippen LogP contribution in [-0.4, -0.2) is 9.13 Å². The summed E-state index contributed by atoms with van der Waals surface area (Å²) in [7, 11) is 0. The Kier molecular flexibility index (Phi) is 5.78. The normalized spacial score (nSPS) is 12.1. The zero-order chi connectivity index (χ0) is 35.5. The zero-order valence-corrected chi connectivity index (χ0v) is 28.7. The van der Waals surface area contributed by atoms with Crippen LogP contribution in [0.1, 0.15) is 5.56 Å². The molecule has 0 N–H and O–H groups in total.